The predicted molar refractivity (Wildman–Crippen MR) is 122 cm³/mol. The zero-order valence-corrected chi connectivity index (χ0v) is 21.2. The van der Waals surface area contributed by atoms with E-state index in [1.54, 1.807) is 58.9 Å². The number of carbonyl (C=O) groups is 3. The third-order valence-corrected chi connectivity index (χ3v) is 4.83. The van der Waals surface area contributed by atoms with Gasteiger partial charge in [-0.1, -0.05) is 18.2 Å². The number of carbonyl (C=O) groups excluding carboxylic acids is 3. The van der Waals surface area contributed by atoms with Gasteiger partial charge in [0.2, 0.25) is 0 Å². The molecule has 0 fully saturated rings. The topological polar surface area (TPSA) is 159 Å². The fraction of sp³-hybridized carbons (Fsp3) is 0.0400. The van der Waals surface area contributed by atoms with Gasteiger partial charge in [-0.3, -0.25) is 15.0 Å². The standard InChI is InChI=1S/C7H7.3C6H5NO2.Sn/c1-7-5-3-2-4-6-7;3*8-6(9)5-3-1-2-4-7-5;/h2-6H,1H2;3*1-4H,(H,8,9);/q;;;;+3/p-3. The van der Waals surface area contributed by atoms with E-state index in [4.69, 9.17) is 0 Å². The Morgan fingerprint density at radius 3 is 1.03 bits per heavy atom. The minimum atomic E-state index is -1.24. The van der Waals surface area contributed by atoms with Crippen molar-refractivity contribution in [2.24, 2.45) is 0 Å². The average Bonchev–Trinajstić information content (AvgIpc) is 2.91. The van der Waals surface area contributed by atoms with Gasteiger partial charge >= 0.3 is 62.9 Å². The molecule has 0 aliphatic carbocycles. The predicted octanol–water partition coefficient (Wildman–Crippen LogP) is -0.310. The van der Waals surface area contributed by atoms with Crippen LogP contribution in [0.5, 0.6) is 0 Å². The molecule has 4 rings (SSSR count). The zero-order chi connectivity index (χ0) is 25.9. The molecule has 1 aromatic carbocycles. The Morgan fingerprint density at radius 2 is 0.857 bits per heavy atom. The normalized spacial score (nSPS) is 8.97. The van der Waals surface area contributed by atoms with Gasteiger partial charge in [0.1, 0.15) is 0 Å². The molecule has 3 heterocycles. The summed E-state index contributed by atoms with van der Waals surface area (Å²) in [5.74, 6) is -3.72. The third kappa shape index (κ3) is 13.2. The third-order valence-electron chi connectivity index (χ3n) is 3.67. The maximum atomic E-state index is 10.0. The number of carboxylic acids is 3. The van der Waals surface area contributed by atoms with Crippen molar-refractivity contribution < 1.29 is 29.7 Å². The summed E-state index contributed by atoms with van der Waals surface area (Å²) in [6.45, 7) is 0. The molecule has 35 heavy (non-hydrogen) atoms. The van der Waals surface area contributed by atoms with Crippen molar-refractivity contribution >= 4 is 40.4 Å². The molecule has 9 nitrogen and oxygen atoms in total. The van der Waals surface area contributed by atoms with E-state index in [2.05, 4.69) is 45.3 Å². The average molecular weight is 576 g/mol. The molecule has 0 N–H and O–H groups in total. The fourth-order valence-electron chi connectivity index (χ4n) is 2.05. The van der Waals surface area contributed by atoms with Crippen LogP contribution in [-0.4, -0.2) is 55.4 Å². The van der Waals surface area contributed by atoms with Crippen LogP contribution in [0.4, 0.5) is 0 Å². The number of rotatable bonds is 4. The van der Waals surface area contributed by atoms with Crippen LogP contribution in [0.2, 0.25) is 0 Å². The molecule has 0 aliphatic heterocycles. The molecule has 174 valence electrons. The number of pyridine rings is 3. The second-order valence-electron chi connectivity index (χ2n) is 6.17. The summed E-state index contributed by atoms with van der Waals surface area (Å²) in [4.78, 5) is 40.6. The first kappa shape index (κ1) is 28.9. The number of benzene rings is 1. The van der Waals surface area contributed by atoms with Crippen molar-refractivity contribution in [2.75, 3.05) is 0 Å². The van der Waals surface area contributed by atoms with Crippen molar-refractivity contribution in [2.45, 2.75) is 4.44 Å². The van der Waals surface area contributed by atoms with Crippen LogP contribution in [-0.2, 0) is 4.44 Å². The Kier molecular flexibility index (Phi) is 14.3. The van der Waals surface area contributed by atoms with E-state index in [0.717, 1.165) is 0 Å². The van der Waals surface area contributed by atoms with Gasteiger partial charge in [0.15, 0.2) is 0 Å². The first-order valence-electron chi connectivity index (χ1n) is 9.90. The van der Waals surface area contributed by atoms with Crippen LogP contribution in [0.1, 0.15) is 37.0 Å². The van der Waals surface area contributed by atoms with E-state index in [9.17, 15) is 29.7 Å². The number of hydrogen-bond acceptors (Lipinski definition) is 9. The van der Waals surface area contributed by atoms with Gasteiger partial charge in [0.25, 0.3) is 0 Å². The summed E-state index contributed by atoms with van der Waals surface area (Å²) in [6, 6.07) is 24.4. The Balaban J connectivity index is 0.000000234. The van der Waals surface area contributed by atoms with Crippen LogP contribution in [0.3, 0.4) is 0 Å². The fourth-order valence-corrected chi connectivity index (χ4v) is 2.72. The molecular formula is C25H19N3O6Sn. The summed E-state index contributed by atoms with van der Waals surface area (Å²) in [7, 11) is 0. The van der Waals surface area contributed by atoms with Crippen LogP contribution < -0.4 is 15.3 Å². The maximum absolute atomic E-state index is 10.0. The summed E-state index contributed by atoms with van der Waals surface area (Å²) >= 11 is 1.59. The van der Waals surface area contributed by atoms with Crippen molar-refractivity contribution in [3.63, 3.8) is 0 Å². The molecular weight excluding hydrogens is 557 g/mol. The molecule has 0 amide bonds. The zero-order valence-electron chi connectivity index (χ0n) is 18.3. The number of nitrogens with zero attached hydrogens (tertiary/aromatic N) is 3. The first-order valence-corrected chi connectivity index (χ1v) is 11.9. The SMILES string of the molecule is O=C([O-])c1ccccn1.O=C([O-])c1ccccn1.O=C([O-])c1ccccn1.[Sn+3][CH2]c1ccccc1. The molecule has 0 radical (unpaired) electrons. The molecule has 0 saturated heterocycles. The van der Waals surface area contributed by atoms with Gasteiger partial charge in [0.05, 0.1) is 35.0 Å². The van der Waals surface area contributed by atoms with Crippen LogP contribution in [0.25, 0.3) is 0 Å². The molecule has 10 heteroatoms. The summed E-state index contributed by atoms with van der Waals surface area (Å²) in [6.07, 6.45) is 4.22. The molecule has 0 bridgehead atoms. The van der Waals surface area contributed by atoms with Crippen molar-refractivity contribution in [1.82, 2.24) is 15.0 Å². The molecule has 0 aliphatic rings. The molecule has 0 atom stereocenters. The summed E-state index contributed by atoms with van der Waals surface area (Å²) in [5.41, 5.74) is 1.36. The van der Waals surface area contributed by atoms with Crippen molar-refractivity contribution in [3.05, 3.63) is 126 Å². The Bertz CT molecular complexity index is 1030. The summed E-state index contributed by atoms with van der Waals surface area (Å²) in [5, 5.41) is 30.1. The van der Waals surface area contributed by atoms with Gasteiger partial charge in [0, 0.05) is 18.6 Å². The molecule has 0 saturated carbocycles. The molecule has 4 aromatic rings. The second kappa shape index (κ2) is 17.4. The Labute approximate surface area is 215 Å². The quantitative estimate of drug-likeness (QED) is 0.297. The number of aromatic nitrogens is 3. The van der Waals surface area contributed by atoms with E-state index in [1.165, 1.54) is 46.8 Å². The van der Waals surface area contributed by atoms with E-state index >= 15 is 0 Å². The Hall–Kier alpha value is -4.12. The minimum absolute atomic E-state index is 0.0301. The van der Waals surface area contributed by atoms with Crippen LogP contribution in [0.15, 0.2) is 104 Å². The molecule has 3 aromatic heterocycles. The second-order valence-corrected chi connectivity index (χ2v) is 7.18. The Morgan fingerprint density at radius 1 is 0.543 bits per heavy atom. The van der Waals surface area contributed by atoms with E-state index in [0.29, 0.717) is 0 Å². The van der Waals surface area contributed by atoms with Gasteiger partial charge in [-0.25, -0.2) is 0 Å². The molecule has 0 spiro atoms. The monoisotopic (exact) mass is 577 g/mol. The van der Waals surface area contributed by atoms with E-state index in [-0.39, 0.29) is 17.1 Å². The van der Waals surface area contributed by atoms with Gasteiger partial charge in [-0.15, -0.1) is 0 Å². The van der Waals surface area contributed by atoms with E-state index in [1.807, 2.05) is 0 Å². The number of carboxylic acid groups (broad SMARTS) is 3. The van der Waals surface area contributed by atoms with Gasteiger partial charge < -0.3 is 29.7 Å². The molecule has 0 unspecified atom stereocenters. The number of hydrogen-bond donors (Lipinski definition) is 0. The summed E-state index contributed by atoms with van der Waals surface area (Å²) < 4.78 is 1.23. The first-order chi connectivity index (χ1) is 16.8. The van der Waals surface area contributed by atoms with E-state index < -0.39 is 17.9 Å². The van der Waals surface area contributed by atoms with Gasteiger partial charge in [-0.2, -0.15) is 0 Å². The van der Waals surface area contributed by atoms with Gasteiger partial charge in [-0.05, 0) is 36.4 Å². The van der Waals surface area contributed by atoms with Crippen LogP contribution >= 0.6 is 0 Å². The number of aromatic carboxylic acids is 3. The van der Waals surface area contributed by atoms with Crippen molar-refractivity contribution in [3.8, 4) is 0 Å². The van der Waals surface area contributed by atoms with Crippen LogP contribution in [0, 0.1) is 0 Å². The van der Waals surface area contributed by atoms with Crippen molar-refractivity contribution in [1.29, 1.82) is 0 Å².